The Balaban J connectivity index is 1.68. The van der Waals surface area contributed by atoms with Gasteiger partial charge < -0.3 is 14.4 Å². The number of nitro benzene ring substituents is 1. The van der Waals surface area contributed by atoms with Crippen molar-refractivity contribution in [2.45, 2.75) is 32.4 Å². The van der Waals surface area contributed by atoms with Crippen molar-refractivity contribution in [2.75, 3.05) is 37.8 Å². The SMILES string of the molecule is C[Si-](C)(C)CCOCn1nc(-c2cc(N3CCOCC3)ncn2)c2cc([N+](=O)[O-])ccc21. The van der Waals surface area contributed by atoms with Crippen molar-refractivity contribution in [1.29, 1.82) is 0 Å². The molecule has 1 aromatic carbocycles. The molecule has 171 valence electrons. The van der Waals surface area contributed by atoms with Gasteiger partial charge in [-0.15, -0.1) is 14.1 Å². The summed E-state index contributed by atoms with van der Waals surface area (Å²) < 4.78 is 13.1. The summed E-state index contributed by atoms with van der Waals surface area (Å²) in [5.74, 6) is 0.790. The van der Waals surface area contributed by atoms with Gasteiger partial charge in [-0.1, -0.05) is 0 Å². The van der Waals surface area contributed by atoms with Crippen LogP contribution in [0.1, 0.15) is 0 Å². The standard InChI is InChI=1S/C21H28N6O4Si/c1-32(2,3)11-10-31-15-26-19-5-4-16(27(28)29)12-17(19)21(24-26)18-13-20(23-14-22-18)25-6-8-30-9-7-25/h4-5,12-14H,6-11,15H2,1-3H3/q-1. The quantitative estimate of drug-likeness (QED) is 0.219. The third-order valence-corrected chi connectivity index (χ3v) is 7.09. The molecule has 32 heavy (non-hydrogen) atoms. The average molecular weight is 457 g/mol. The maximum Gasteiger partial charge on any atom is 0.270 e. The van der Waals surface area contributed by atoms with Crippen LogP contribution in [0.4, 0.5) is 11.5 Å². The van der Waals surface area contributed by atoms with Crippen LogP contribution in [0.15, 0.2) is 30.6 Å². The second-order valence-corrected chi connectivity index (χ2v) is 14.6. The molecule has 1 aliphatic heterocycles. The van der Waals surface area contributed by atoms with Gasteiger partial charge in [0.15, 0.2) is 0 Å². The molecular formula is C21H28N6O4Si-. The lowest BCUT2D eigenvalue weighted by molar-refractivity contribution is -0.384. The molecule has 3 heterocycles. The zero-order valence-electron chi connectivity index (χ0n) is 18.7. The average Bonchev–Trinajstić information content (AvgIpc) is 3.15. The van der Waals surface area contributed by atoms with Crippen molar-refractivity contribution in [2.24, 2.45) is 0 Å². The van der Waals surface area contributed by atoms with Crippen molar-refractivity contribution in [3.05, 3.63) is 40.7 Å². The van der Waals surface area contributed by atoms with Crippen LogP contribution in [-0.2, 0) is 16.2 Å². The first-order chi connectivity index (χ1) is 15.3. The molecule has 11 heteroatoms. The van der Waals surface area contributed by atoms with Gasteiger partial charge in [0, 0.05) is 43.3 Å². The molecule has 0 N–H and O–H groups in total. The predicted molar refractivity (Wildman–Crippen MR) is 125 cm³/mol. The van der Waals surface area contributed by atoms with E-state index in [0.717, 1.165) is 30.5 Å². The number of nitro groups is 1. The normalized spacial score (nSPS) is 14.8. The van der Waals surface area contributed by atoms with Crippen molar-refractivity contribution < 1.29 is 14.4 Å². The van der Waals surface area contributed by atoms with Gasteiger partial charge in [-0.2, -0.15) is 24.7 Å². The van der Waals surface area contributed by atoms with Crippen LogP contribution in [-0.4, -0.2) is 65.7 Å². The van der Waals surface area contributed by atoms with Gasteiger partial charge in [0.05, 0.1) is 29.3 Å². The number of rotatable bonds is 8. The Labute approximate surface area is 187 Å². The van der Waals surface area contributed by atoms with Gasteiger partial charge in [0.2, 0.25) is 0 Å². The largest absolute Gasteiger partial charge is 0.378 e. The fraction of sp³-hybridized carbons (Fsp3) is 0.476. The zero-order chi connectivity index (χ0) is 22.7. The second-order valence-electron chi connectivity index (χ2n) is 9.02. The predicted octanol–water partition coefficient (Wildman–Crippen LogP) is 3.55. The van der Waals surface area contributed by atoms with E-state index < -0.39 is 13.0 Å². The smallest absolute Gasteiger partial charge is 0.270 e. The number of aromatic nitrogens is 4. The Kier molecular flexibility index (Phi) is 6.49. The molecule has 0 spiro atoms. The number of hydrogen-bond acceptors (Lipinski definition) is 8. The first-order valence-electron chi connectivity index (χ1n) is 10.7. The number of anilines is 1. The summed E-state index contributed by atoms with van der Waals surface area (Å²) >= 11 is 0. The number of morpholine rings is 1. The van der Waals surface area contributed by atoms with Crippen LogP contribution >= 0.6 is 0 Å². The van der Waals surface area contributed by atoms with Crippen LogP contribution in [0.3, 0.4) is 0 Å². The number of hydrogen-bond donors (Lipinski definition) is 0. The Morgan fingerprint density at radius 3 is 2.69 bits per heavy atom. The molecule has 0 aliphatic carbocycles. The molecule has 4 rings (SSSR count). The first-order valence-corrected chi connectivity index (χ1v) is 14.4. The number of ether oxygens (including phenoxy) is 2. The molecule has 1 saturated heterocycles. The Morgan fingerprint density at radius 2 is 1.97 bits per heavy atom. The minimum atomic E-state index is -1.20. The minimum absolute atomic E-state index is 0.0143. The Morgan fingerprint density at radius 1 is 1.19 bits per heavy atom. The van der Waals surface area contributed by atoms with Gasteiger partial charge in [-0.05, 0) is 6.07 Å². The van der Waals surface area contributed by atoms with Gasteiger partial charge in [0.25, 0.3) is 5.69 Å². The molecule has 0 bridgehead atoms. The number of non-ortho nitro benzene ring substituents is 1. The van der Waals surface area contributed by atoms with Crippen molar-refractivity contribution in [3.63, 3.8) is 0 Å². The van der Waals surface area contributed by atoms with E-state index in [1.807, 2.05) is 6.07 Å². The number of nitrogens with zero attached hydrogens (tertiary/aromatic N) is 6. The van der Waals surface area contributed by atoms with Crippen LogP contribution in [0.5, 0.6) is 0 Å². The molecule has 3 aromatic rings. The highest BCUT2D eigenvalue weighted by Crippen LogP contribution is 2.31. The maximum atomic E-state index is 11.4. The van der Waals surface area contributed by atoms with Gasteiger partial charge in [-0.25, -0.2) is 14.6 Å². The summed E-state index contributed by atoms with van der Waals surface area (Å²) in [6, 6.07) is 7.69. The van der Waals surface area contributed by atoms with Crippen molar-refractivity contribution in [1.82, 2.24) is 19.7 Å². The Hall–Kier alpha value is -2.89. The Bertz CT molecular complexity index is 1110. The molecule has 0 atom stereocenters. The first kappa shape index (κ1) is 22.3. The molecule has 2 aromatic heterocycles. The molecular weight excluding hydrogens is 428 g/mol. The van der Waals surface area contributed by atoms with E-state index in [9.17, 15) is 10.1 Å². The van der Waals surface area contributed by atoms with E-state index in [-0.39, 0.29) is 12.4 Å². The topological polar surface area (TPSA) is 108 Å². The van der Waals surface area contributed by atoms with E-state index >= 15 is 0 Å². The summed E-state index contributed by atoms with van der Waals surface area (Å²) in [5.41, 5.74) is 1.98. The monoisotopic (exact) mass is 456 g/mol. The summed E-state index contributed by atoms with van der Waals surface area (Å²) in [7, 11) is -1.20. The lowest BCUT2D eigenvalue weighted by atomic mass is 10.1. The minimum Gasteiger partial charge on any atom is -0.378 e. The fourth-order valence-corrected chi connectivity index (χ4v) is 4.30. The van der Waals surface area contributed by atoms with Crippen LogP contribution < -0.4 is 4.90 Å². The summed E-state index contributed by atoms with van der Waals surface area (Å²) in [6.45, 7) is 10.7. The number of fused-ring (bicyclic) bond motifs is 1. The molecule has 0 amide bonds. The summed E-state index contributed by atoms with van der Waals surface area (Å²) in [4.78, 5) is 21.9. The highest BCUT2D eigenvalue weighted by atomic mass is 28.3. The molecule has 1 aliphatic rings. The molecule has 1 fully saturated rings. The van der Waals surface area contributed by atoms with E-state index in [1.165, 1.54) is 12.4 Å². The summed E-state index contributed by atoms with van der Waals surface area (Å²) in [5, 5.41) is 16.8. The van der Waals surface area contributed by atoms with Gasteiger partial charge in [0.1, 0.15) is 24.6 Å². The highest BCUT2D eigenvalue weighted by Gasteiger charge is 2.19. The van der Waals surface area contributed by atoms with Crippen LogP contribution in [0.25, 0.3) is 22.3 Å². The molecule has 0 saturated carbocycles. The lowest BCUT2D eigenvalue weighted by Gasteiger charge is -2.27. The van der Waals surface area contributed by atoms with E-state index in [4.69, 9.17) is 14.6 Å². The van der Waals surface area contributed by atoms with Gasteiger partial charge in [-0.3, -0.25) is 10.1 Å². The van der Waals surface area contributed by atoms with E-state index in [0.29, 0.717) is 36.6 Å². The zero-order valence-corrected chi connectivity index (χ0v) is 19.7. The van der Waals surface area contributed by atoms with E-state index in [1.54, 1.807) is 16.8 Å². The van der Waals surface area contributed by atoms with Crippen molar-refractivity contribution in [3.8, 4) is 11.4 Å². The molecule has 0 unspecified atom stereocenters. The van der Waals surface area contributed by atoms with E-state index in [2.05, 4.69) is 34.5 Å². The van der Waals surface area contributed by atoms with Gasteiger partial charge >= 0.3 is 0 Å². The lowest BCUT2D eigenvalue weighted by Crippen LogP contribution is -2.36. The fourth-order valence-electron chi connectivity index (χ4n) is 3.54. The third kappa shape index (κ3) is 5.11. The molecule has 0 radical (unpaired) electrons. The summed E-state index contributed by atoms with van der Waals surface area (Å²) in [6.07, 6.45) is 1.51. The third-order valence-electron chi connectivity index (χ3n) is 5.39. The maximum absolute atomic E-state index is 11.4. The van der Waals surface area contributed by atoms with Crippen molar-refractivity contribution >= 4 is 30.5 Å². The number of benzene rings is 1. The molecule has 10 nitrogen and oxygen atoms in total. The van der Waals surface area contributed by atoms with Crippen LogP contribution in [0.2, 0.25) is 25.7 Å². The van der Waals surface area contributed by atoms with Crippen LogP contribution in [0, 0.1) is 10.1 Å². The second kappa shape index (κ2) is 9.31. The highest BCUT2D eigenvalue weighted by molar-refractivity contribution is 6.76.